The lowest BCUT2D eigenvalue weighted by molar-refractivity contribution is 0.259. The van der Waals surface area contributed by atoms with Gasteiger partial charge in [0.2, 0.25) is 5.95 Å². The molecule has 0 spiro atoms. The number of piperazine rings is 1. The monoisotopic (exact) mass is 370 g/mol. The Labute approximate surface area is 161 Å². The number of aromatic nitrogens is 3. The largest absolute Gasteiger partial charge is 0.355 e. The molecule has 2 aromatic rings. The number of rotatable bonds is 6. The van der Waals surface area contributed by atoms with Crippen LogP contribution in [-0.2, 0) is 13.6 Å². The van der Waals surface area contributed by atoms with Crippen molar-refractivity contribution in [1.82, 2.24) is 29.7 Å². The smallest absolute Gasteiger partial charge is 0.225 e. The number of guanidine groups is 1. The maximum Gasteiger partial charge on any atom is 0.225 e. The van der Waals surface area contributed by atoms with Crippen molar-refractivity contribution in [3.05, 3.63) is 42.5 Å². The van der Waals surface area contributed by atoms with Crippen molar-refractivity contribution in [2.45, 2.75) is 6.54 Å². The third kappa shape index (κ3) is 5.19. The molecular formula is C19H30N8. The zero-order valence-corrected chi connectivity index (χ0v) is 16.5. The summed E-state index contributed by atoms with van der Waals surface area (Å²) in [5, 5.41) is 3.48. The van der Waals surface area contributed by atoms with Gasteiger partial charge < -0.3 is 19.7 Å². The van der Waals surface area contributed by atoms with Crippen molar-refractivity contribution in [2.24, 2.45) is 12.0 Å². The van der Waals surface area contributed by atoms with Gasteiger partial charge in [0.25, 0.3) is 0 Å². The lowest BCUT2D eigenvalue weighted by Crippen LogP contribution is -2.49. The second-order valence-electron chi connectivity index (χ2n) is 6.82. The molecule has 0 aliphatic carbocycles. The highest BCUT2D eigenvalue weighted by Crippen LogP contribution is 2.09. The van der Waals surface area contributed by atoms with E-state index in [1.807, 2.05) is 13.1 Å². The Kier molecular flexibility index (Phi) is 6.64. The van der Waals surface area contributed by atoms with Crippen molar-refractivity contribution in [1.29, 1.82) is 0 Å². The molecule has 3 rings (SSSR count). The summed E-state index contributed by atoms with van der Waals surface area (Å²) in [5.41, 5.74) is 1.26. The molecular weight excluding hydrogens is 340 g/mol. The average molecular weight is 371 g/mol. The van der Waals surface area contributed by atoms with Crippen LogP contribution in [0.5, 0.6) is 0 Å². The molecule has 3 heterocycles. The summed E-state index contributed by atoms with van der Waals surface area (Å²) in [5.74, 6) is 1.76. The fraction of sp³-hybridized carbons (Fsp3) is 0.526. The van der Waals surface area contributed by atoms with Gasteiger partial charge in [0.1, 0.15) is 0 Å². The quantitative estimate of drug-likeness (QED) is 0.595. The predicted molar refractivity (Wildman–Crippen MR) is 109 cm³/mol. The molecule has 1 saturated heterocycles. The number of aliphatic imine (C=N–C) groups is 1. The van der Waals surface area contributed by atoms with Crippen molar-refractivity contribution >= 4 is 11.9 Å². The third-order valence-corrected chi connectivity index (χ3v) is 4.94. The first-order valence-electron chi connectivity index (χ1n) is 9.43. The van der Waals surface area contributed by atoms with E-state index in [0.29, 0.717) is 0 Å². The molecule has 27 heavy (non-hydrogen) atoms. The highest BCUT2D eigenvalue weighted by atomic mass is 15.3. The van der Waals surface area contributed by atoms with E-state index >= 15 is 0 Å². The van der Waals surface area contributed by atoms with E-state index in [4.69, 9.17) is 0 Å². The number of nitrogens with zero attached hydrogens (tertiary/aromatic N) is 7. The molecule has 146 valence electrons. The lowest BCUT2D eigenvalue weighted by atomic mass is 10.3. The fourth-order valence-electron chi connectivity index (χ4n) is 3.32. The van der Waals surface area contributed by atoms with Crippen LogP contribution in [0.2, 0.25) is 0 Å². The predicted octanol–water partition coefficient (Wildman–Crippen LogP) is 0.645. The number of nitrogens with one attached hydrogen (secondary N) is 1. The normalized spacial score (nSPS) is 15.8. The fourth-order valence-corrected chi connectivity index (χ4v) is 3.32. The summed E-state index contributed by atoms with van der Waals surface area (Å²) in [6.45, 7) is 6.69. The molecule has 8 nitrogen and oxygen atoms in total. The van der Waals surface area contributed by atoms with Gasteiger partial charge in [0.15, 0.2) is 5.96 Å². The van der Waals surface area contributed by atoms with Gasteiger partial charge >= 0.3 is 0 Å². The van der Waals surface area contributed by atoms with Gasteiger partial charge in [-0.1, -0.05) is 0 Å². The Morgan fingerprint density at radius 1 is 1.19 bits per heavy atom. The maximum atomic E-state index is 4.41. The summed E-state index contributed by atoms with van der Waals surface area (Å²) >= 11 is 0. The Bertz CT molecular complexity index is 718. The first-order chi connectivity index (χ1) is 13.2. The maximum absolute atomic E-state index is 4.41. The van der Waals surface area contributed by atoms with Crippen LogP contribution in [0.25, 0.3) is 0 Å². The highest BCUT2D eigenvalue weighted by molar-refractivity contribution is 5.79. The molecule has 1 aliphatic heterocycles. The van der Waals surface area contributed by atoms with Gasteiger partial charge in [-0.25, -0.2) is 9.97 Å². The standard InChI is InChI=1S/C19H30N8/c1-20-18(25(3)16-17-6-4-10-24(17)2)23-9-11-26-12-14-27(15-13-26)19-21-7-5-8-22-19/h4-8,10H,9,11-16H2,1-3H3,(H,20,23). The van der Waals surface area contributed by atoms with E-state index < -0.39 is 0 Å². The number of hydrogen-bond acceptors (Lipinski definition) is 5. The van der Waals surface area contributed by atoms with Crippen LogP contribution >= 0.6 is 0 Å². The van der Waals surface area contributed by atoms with Crippen LogP contribution < -0.4 is 10.2 Å². The van der Waals surface area contributed by atoms with Gasteiger partial charge in [-0.05, 0) is 18.2 Å². The highest BCUT2D eigenvalue weighted by Gasteiger charge is 2.18. The molecule has 0 radical (unpaired) electrons. The van der Waals surface area contributed by atoms with Crippen LogP contribution in [0.3, 0.4) is 0 Å². The molecule has 0 bridgehead atoms. The Balaban J connectivity index is 1.39. The first-order valence-corrected chi connectivity index (χ1v) is 9.43. The second kappa shape index (κ2) is 9.36. The molecule has 8 heteroatoms. The molecule has 1 N–H and O–H groups in total. The number of hydrogen-bond donors (Lipinski definition) is 1. The van der Waals surface area contributed by atoms with E-state index in [-0.39, 0.29) is 0 Å². The second-order valence-corrected chi connectivity index (χ2v) is 6.82. The van der Waals surface area contributed by atoms with E-state index in [2.05, 4.69) is 72.0 Å². The minimum Gasteiger partial charge on any atom is -0.355 e. The molecule has 0 amide bonds. The zero-order valence-electron chi connectivity index (χ0n) is 16.5. The topological polar surface area (TPSA) is 64.8 Å². The average Bonchev–Trinajstić information content (AvgIpc) is 3.11. The van der Waals surface area contributed by atoms with Crippen LogP contribution in [0, 0.1) is 0 Å². The minimum atomic E-state index is 0.831. The molecule has 0 unspecified atom stereocenters. The van der Waals surface area contributed by atoms with E-state index in [9.17, 15) is 0 Å². The van der Waals surface area contributed by atoms with Crippen molar-refractivity contribution in [3.63, 3.8) is 0 Å². The van der Waals surface area contributed by atoms with Crippen LogP contribution in [-0.4, -0.2) is 83.7 Å². The van der Waals surface area contributed by atoms with Gasteiger partial charge in [-0.3, -0.25) is 9.89 Å². The van der Waals surface area contributed by atoms with Crippen molar-refractivity contribution < 1.29 is 0 Å². The Morgan fingerprint density at radius 3 is 2.56 bits per heavy atom. The van der Waals surface area contributed by atoms with Crippen LogP contribution in [0.4, 0.5) is 5.95 Å². The van der Waals surface area contributed by atoms with Crippen LogP contribution in [0.15, 0.2) is 41.8 Å². The van der Waals surface area contributed by atoms with Gasteiger partial charge in [-0.2, -0.15) is 0 Å². The zero-order chi connectivity index (χ0) is 19.1. The summed E-state index contributed by atoms with van der Waals surface area (Å²) in [7, 11) is 5.98. The SMILES string of the molecule is CN=C(NCCN1CCN(c2ncccn2)CC1)N(C)Cc1cccn1C. The summed E-state index contributed by atoms with van der Waals surface area (Å²) in [4.78, 5) is 20.0. The van der Waals surface area contributed by atoms with E-state index in [0.717, 1.165) is 57.7 Å². The van der Waals surface area contributed by atoms with Crippen molar-refractivity contribution in [2.75, 3.05) is 58.3 Å². The lowest BCUT2D eigenvalue weighted by Gasteiger charge is -2.34. The summed E-state index contributed by atoms with van der Waals surface area (Å²) in [6, 6.07) is 6.06. The number of aryl methyl sites for hydroxylation is 1. The Hall–Kier alpha value is -2.61. The molecule has 0 saturated carbocycles. The molecule has 0 atom stereocenters. The van der Waals surface area contributed by atoms with E-state index in [1.54, 1.807) is 12.4 Å². The Morgan fingerprint density at radius 2 is 1.93 bits per heavy atom. The first kappa shape index (κ1) is 19.2. The van der Waals surface area contributed by atoms with E-state index in [1.165, 1.54) is 5.69 Å². The molecule has 2 aromatic heterocycles. The van der Waals surface area contributed by atoms with Crippen molar-refractivity contribution in [3.8, 4) is 0 Å². The summed E-state index contributed by atoms with van der Waals surface area (Å²) < 4.78 is 2.14. The minimum absolute atomic E-state index is 0.831. The number of anilines is 1. The van der Waals surface area contributed by atoms with Gasteiger partial charge in [0.05, 0.1) is 6.54 Å². The van der Waals surface area contributed by atoms with Gasteiger partial charge in [0, 0.05) is 84.7 Å². The summed E-state index contributed by atoms with van der Waals surface area (Å²) in [6.07, 6.45) is 5.67. The molecule has 1 fully saturated rings. The molecule has 1 aliphatic rings. The molecule has 0 aromatic carbocycles. The van der Waals surface area contributed by atoms with Gasteiger partial charge in [-0.15, -0.1) is 0 Å². The third-order valence-electron chi connectivity index (χ3n) is 4.94. The van der Waals surface area contributed by atoms with Crippen LogP contribution in [0.1, 0.15) is 5.69 Å².